The fourth-order valence-electron chi connectivity index (χ4n) is 3.01. The molecule has 0 bridgehead atoms. The van der Waals surface area contributed by atoms with E-state index in [1.54, 1.807) is 0 Å². The topological polar surface area (TPSA) is 29.9 Å². The van der Waals surface area contributed by atoms with Gasteiger partial charge in [-0.25, -0.2) is 4.98 Å². The number of hydrogen-bond acceptors (Lipinski definition) is 2. The monoisotopic (exact) mass is 235 g/mol. The molecular weight excluding hydrogens is 210 g/mol. The van der Waals surface area contributed by atoms with Gasteiger partial charge >= 0.3 is 0 Å². The molecule has 96 valence electrons. The smallest absolute Gasteiger partial charge is 0.125 e. The van der Waals surface area contributed by atoms with Crippen LogP contribution in [0.1, 0.15) is 51.9 Å². The summed E-state index contributed by atoms with van der Waals surface area (Å²) < 4.78 is 2.11. The molecule has 2 rings (SSSR count). The summed E-state index contributed by atoms with van der Waals surface area (Å²) in [5.41, 5.74) is 0. The third-order valence-corrected chi connectivity index (χ3v) is 4.42. The summed E-state index contributed by atoms with van der Waals surface area (Å²) in [5, 5.41) is 3.76. The molecule has 3 nitrogen and oxygen atoms in total. The van der Waals surface area contributed by atoms with E-state index < -0.39 is 0 Å². The molecule has 0 spiro atoms. The predicted molar refractivity (Wildman–Crippen MR) is 70.7 cm³/mol. The highest BCUT2D eigenvalue weighted by Gasteiger charge is 2.28. The van der Waals surface area contributed by atoms with E-state index in [2.05, 4.69) is 42.7 Å². The van der Waals surface area contributed by atoms with E-state index in [9.17, 15) is 0 Å². The van der Waals surface area contributed by atoms with Gasteiger partial charge in [0.05, 0.1) is 6.04 Å². The molecule has 3 heteroatoms. The third kappa shape index (κ3) is 2.71. The fourth-order valence-corrected chi connectivity index (χ4v) is 3.01. The Hall–Kier alpha value is -0.830. The van der Waals surface area contributed by atoms with Crippen LogP contribution >= 0.6 is 0 Å². The Morgan fingerprint density at radius 3 is 2.82 bits per heavy atom. The van der Waals surface area contributed by atoms with Crippen molar-refractivity contribution < 1.29 is 0 Å². The second kappa shape index (κ2) is 5.21. The van der Waals surface area contributed by atoms with E-state index in [-0.39, 0.29) is 0 Å². The molecule has 1 aromatic rings. The van der Waals surface area contributed by atoms with Crippen LogP contribution < -0.4 is 5.32 Å². The first kappa shape index (κ1) is 12.6. The minimum Gasteiger partial charge on any atom is -0.337 e. The van der Waals surface area contributed by atoms with Crippen molar-refractivity contribution in [2.24, 2.45) is 18.9 Å². The normalized spacial score (nSPS) is 31.4. The van der Waals surface area contributed by atoms with Gasteiger partial charge in [-0.2, -0.15) is 0 Å². The molecule has 4 unspecified atom stereocenters. The van der Waals surface area contributed by atoms with Crippen molar-refractivity contribution in [2.45, 2.75) is 52.1 Å². The zero-order valence-corrected chi connectivity index (χ0v) is 11.5. The van der Waals surface area contributed by atoms with E-state index in [1.807, 2.05) is 12.4 Å². The lowest BCUT2D eigenvalue weighted by atomic mass is 9.78. The van der Waals surface area contributed by atoms with Crippen LogP contribution in [-0.2, 0) is 7.05 Å². The lowest BCUT2D eigenvalue weighted by Crippen LogP contribution is -2.42. The average Bonchev–Trinajstić information content (AvgIpc) is 2.71. The maximum Gasteiger partial charge on any atom is 0.125 e. The number of aryl methyl sites for hydroxylation is 1. The van der Waals surface area contributed by atoms with E-state index in [1.165, 1.54) is 19.3 Å². The molecule has 0 aromatic carbocycles. The molecule has 4 atom stereocenters. The van der Waals surface area contributed by atoms with Gasteiger partial charge in [-0.3, -0.25) is 0 Å². The van der Waals surface area contributed by atoms with Gasteiger partial charge in [-0.05, 0) is 25.2 Å². The standard InChI is InChI=1S/C14H25N3/c1-10-6-5-7-13(11(10)2)16-12(3)14-15-8-9-17(14)4/h8-13,16H,5-7H2,1-4H3. The van der Waals surface area contributed by atoms with Crippen molar-refractivity contribution in [1.82, 2.24) is 14.9 Å². The largest absolute Gasteiger partial charge is 0.337 e. The van der Waals surface area contributed by atoms with Crippen LogP contribution in [0.5, 0.6) is 0 Å². The first-order valence-corrected chi connectivity index (χ1v) is 6.83. The number of rotatable bonds is 3. The van der Waals surface area contributed by atoms with Crippen molar-refractivity contribution >= 4 is 0 Å². The second-order valence-electron chi connectivity index (χ2n) is 5.66. The number of hydrogen-bond donors (Lipinski definition) is 1. The number of nitrogens with zero attached hydrogens (tertiary/aromatic N) is 2. The molecule has 0 amide bonds. The molecule has 0 saturated heterocycles. The third-order valence-electron chi connectivity index (χ3n) is 4.42. The molecule has 0 aliphatic heterocycles. The maximum absolute atomic E-state index is 4.43. The Bertz CT molecular complexity index is 358. The van der Waals surface area contributed by atoms with Gasteiger partial charge in [-0.1, -0.05) is 26.7 Å². The Labute approximate surface area is 105 Å². The summed E-state index contributed by atoms with van der Waals surface area (Å²) in [5.74, 6) is 2.75. The molecule has 17 heavy (non-hydrogen) atoms. The molecule has 1 heterocycles. The van der Waals surface area contributed by atoms with Crippen molar-refractivity contribution in [3.05, 3.63) is 18.2 Å². The van der Waals surface area contributed by atoms with E-state index in [0.29, 0.717) is 12.1 Å². The van der Waals surface area contributed by atoms with Gasteiger partial charge in [0, 0.05) is 25.5 Å². The minimum atomic E-state index is 0.341. The van der Waals surface area contributed by atoms with Gasteiger partial charge in [-0.15, -0.1) is 0 Å². The van der Waals surface area contributed by atoms with Crippen LogP contribution in [0, 0.1) is 11.8 Å². The van der Waals surface area contributed by atoms with Gasteiger partial charge in [0.1, 0.15) is 5.82 Å². The SMILES string of the molecule is CC(NC1CCCC(C)C1C)c1nccn1C. The molecule has 1 saturated carbocycles. The van der Waals surface area contributed by atoms with E-state index in [0.717, 1.165) is 17.7 Å². The van der Waals surface area contributed by atoms with Crippen LogP contribution in [0.3, 0.4) is 0 Å². The van der Waals surface area contributed by atoms with Crippen LogP contribution in [0.15, 0.2) is 12.4 Å². The van der Waals surface area contributed by atoms with Crippen molar-refractivity contribution in [3.63, 3.8) is 0 Å². The highest BCUT2D eigenvalue weighted by atomic mass is 15.1. The fraction of sp³-hybridized carbons (Fsp3) is 0.786. The van der Waals surface area contributed by atoms with Crippen LogP contribution in [0.2, 0.25) is 0 Å². The number of imidazole rings is 1. The number of aromatic nitrogens is 2. The number of nitrogens with one attached hydrogen (secondary N) is 1. The van der Waals surface area contributed by atoms with Gasteiger partial charge < -0.3 is 9.88 Å². The van der Waals surface area contributed by atoms with Crippen molar-refractivity contribution in [1.29, 1.82) is 0 Å². The van der Waals surface area contributed by atoms with E-state index >= 15 is 0 Å². The molecule has 1 fully saturated rings. The maximum atomic E-state index is 4.43. The average molecular weight is 235 g/mol. The molecular formula is C14H25N3. The van der Waals surface area contributed by atoms with Crippen LogP contribution in [0.4, 0.5) is 0 Å². The Balaban J connectivity index is 1.98. The van der Waals surface area contributed by atoms with Crippen LogP contribution in [0.25, 0.3) is 0 Å². The first-order valence-electron chi connectivity index (χ1n) is 6.83. The van der Waals surface area contributed by atoms with Crippen molar-refractivity contribution in [3.8, 4) is 0 Å². The minimum absolute atomic E-state index is 0.341. The summed E-state index contributed by atoms with van der Waals surface area (Å²) in [6.07, 6.45) is 7.94. The summed E-state index contributed by atoms with van der Waals surface area (Å²) >= 11 is 0. The van der Waals surface area contributed by atoms with E-state index in [4.69, 9.17) is 0 Å². The highest BCUT2D eigenvalue weighted by Crippen LogP contribution is 2.30. The quantitative estimate of drug-likeness (QED) is 0.873. The lowest BCUT2D eigenvalue weighted by molar-refractivity contribution is 0.194. The summed E-state index contributed by atoms with van der Waals surface area (Å²) in [6.45, 7) is 6.98. The lowest BCUT2D eigenvalue weighted by Gasteiger charge is -2.36. The highest BCUT2D eigenvalue weighted by molar-refractivity contribution is 4.98. The predicted octanol–water partition coefficient (Wildman–Crippen LogP) is 2.90. The summed E-state index contributed by atoms with van der Waals surface area (Å²) in [4.78, 5) is 4.43. The summed E-state index contributed by atoms with van der Waals surface area (Å²) in [6, 6.07) is 0.984. The van der Waals surface area contributed by atoms with Crippen LogP contribution in [-0.4, -0.2) is 15.6 Å². The Morgan fingerprint density at radius 1 is 1.41 bits per heavy atom. The molecule has 1 aliphatic rings. The Kier molecular flexibility index (Phi) is 3.87. The second-order valence-corrected chi connectivity index (χ2v) is 5.66. The zero-order chi connectivity index (χ0) is 12.4. The molecule has 1 aliphatic carbocycles. The first-order chi connectivity index (χ1) is 8.09. The van der Waals surface area contributed by atoms with Crippen molar-refractivity contribution in [2.75, 3.05) is 0 Å². The molecule has 0 radical (unpaired) electrons. The Morgan fingerprint density at radius 2 is 2.18 bits per heavy atom. The molecule has 1 aromatic heterocycles. The van der Waals surface area contributed by atoms with Gasteiger partial charge in [0.25, 0.3) is 0 Å². The van der Waals surface area contributed by atoms with Gasteiger partial charge in [0.2, 0.25) is 0 Å². The molecule has 1 N–H and O–H groups in total. The summed E-state index contributed by atoms with van der Waals surface area (Å²) in [7, 11) is 2.06. The van der Waals surface area contributed by atoms with Gasteiger partial charge in [0.15, 0.2) is 0 Å². The zero-order valence-electron chi connectivity index (χ0n) is 11.5.